The van der Waals surface area contributed by atoms with Crippen LogP contribution in [-0.2, 0) is 63.2 Å². The molecule has 15 aromatic rings. The largest absolute Gasteiger partial charge is 4.00 e. The number of hydrogen-bond donors (Lipinski definition) is 0. The monoisotopic (exact) mass is 2310 g/mol. The maximum atomic E-state index is 6.54. The first kappa shape index (κ1) is 91.5. The van der Waals surface area contributed by atoms with E-state index >= 15 is 0 Å². The molecule has 0 spiro atoms. The minimum absolute atomic E-state index is 0. The van der Waals surface area contributed by atoms with E-state index in [1.807, 2.05) is 253 Å². The summed E-state index contributed by atoms with van der Waals surface area (Å²) in [4.78, 5) is 12.2. The molecule has 0 saturated heterocycles. The minimum Gasteiger partial charge on any atom is -0.518 e. The van der Waals surface area contributed by atoms with Crippen LogP contribution in [0, 0.1) is 56.4 Å². The van der Waals surface area contributed by atoms with Crippen LogP contribution in [-0.4, -0.2) is 85.3 Å². The van der Waals surface area contributed by atoms with Gasteiger partial charge in [-0.25, -0.2) is 0 Å². The number of hydrogen-bond acceptors (Lipinski definition) is 15. The number of nitrogens with zero attached hydrogens (tertiary/aromatic N) is 12. The average Bonchev–Trinajstić information content (AvgIpc) is 1.71. The van der Waals surface area contributed by atoms with Gasteiger partial charge in [0.2, 0.25) is 20.1 Å². The van der Waals surface area contributed by atoms with Crippen molar-refractivity contribution in [2.75, 3.05) is 35.8 Å². The van der Waals surface area contributed by atoms with Crippen LogP contribution in [0.15, 0.2) is 256 Å². The van der Waals surface area contributed by atoms with Crippen molar-refractivity contribution in [1.29, 1.82) is 0 Å². The van der Waals surface area contributed by atoms with Gasteiger partial charge >= 0.3 is 42.1 Å². The smallest absolute Gasteiger partial charge is 0.518 e. The van der Waals surface area contributed by atoms with E-state index in [0.717, 1.165) is 169 Å². The van der Waals surface area contributed by atoms with Crippen molar-refractivity contribution in [3.05, 3.63) is 346 Å². The Morgan fingerprint density at radius 3 is 0.667 bits per heavy atom. The second-order valence-electron chi connectivity index (χ2n) is 37.0. The van der Waals surface area contributed by atoms with E-state index in [4.69, 9.17) is 43.7 Å². The van der Waals surface area contributed by atoms with E-state index in [1.165, 1.54) is 50.1 Å². The van der Waals surface area contributed by atoms with E-state index in [1.54, 1.807) is 0 Å². The van der Waals surface area contributed by atoms with Gasteiger partial charge in [0.15, 0.2) is 0 Å². The molecule has 135 heavy (non-hydrogen) atoms. The molecule has 0 fully saturated rings. The van der Waals surface area contributed by atoms with Crippen molar-refractivity contribution >= 4 is 86.4 Å². The summed E-state index contributed by atoms with van der Waals surface area (Å²) in [7, 11) is 6.03. The predicted molar refractivity (Wildman–Crippen MR) is 529 cm³/mol. The number of aromatic nitrogens is 6. The van der Waals surface area contributed by atoms with Gasteiger partial charge in [-0.15, -0.1) is 123 Å². The van der Waals surface area contributed by atoms with E-state index in [-0.39, 0.29) is 83.3 Å². The van der Waals surface area contributed by atoms with Crippen molar-refractivity contribution in [3.63, 3.8) is 0 Å². The quantitative estimate of drug-likeness (QED) is 0.0713. The third-order valence-electron chi connectivity index (χ3n) is 26.1. The van der Waals surface area contributed by atoms with Gasteiger partial charge in [-0.05, 0) is 197 Å². The second kappa shape index (κ2) is 36.9. The Morgan fingerprint density at radius 1 is 0.267 bits per heavy atom. The Bertz CT molecular complexity index is 6880. The molecule has 24 rings (SSSR count). The maximum Gasteiger partial charge on any atom is 4.00 e. The first-order valence-corrected chi connectivity index (χ1v) is 45.5. The summed E-state index contributed by atoms with van der Waals surface area (Å²) in [6, 6.07) is 84.5. The first-order chi connectivity index (χ1) is 64.1. The van der Waals surface area contributed by atoms with Crippen LogP contribution in [0.1, 0.15) is 152 Å². The first-order valence-electron chi connectivity index (χ1n) is 45.5. The number of anilines is 3. The second-order valence-corrected chi connectivity index (χ2v) is 37.0. The molecule has 3 aromatic heterocycles. The van der Waals surface area contributed by atoms with Gasteiger partial charge in [0, 0.05) is 107 Å². The normalized spacial score (nSPS) is 14.2. The van der Waals surface area contributed by atoms with E-state index in [9.17, 15) is 0 Å². The topological polar surface area (TPSA) is 128 Å². The molecule has 0 saturated carbocycles. The summed E-state index contributed by atoms with van der Waals surface area (Å²) in [5.41, 5.74) is 29.3. The molecule has 0 N–H and O–H groups in total. The molecule has 24 heteroatoms. The van der Waals surface area contributed by atoms with Crippen LogP contribution in [0.25, 0.3) is 50.4 Å². The maximum absolute atomic E-state index is 6.54. The summed E-state index contributed by atoms with van der Waals surface area (Å²) in [6.45, 7) is 32.7. The molecule has 9 aliphatic heterocycles. The van der Waals surface area contributed by atoms with Gasteiger partial charge in [0.25, 0.3) is 0 Å². The summed E-state index contributed by atoms with van der Waals surface area (Å²) in [5, 5.41) is 14.6. The molecule has 18 nitrogen and oxygen atoms in total. The molecule has 0 radical (unpaired) electrons. The summed E-state index contributed by atoms with van der Waals surface area (Å²) in [6.07, 6.45) is 24.5. The average molecular weight is 2310 g/mol. The predicted octanol–water partition coefficient (Wildman–Crippen LogP) is 19.4. The molecule has 12 aromatic carbocycles. The molecule has 0 bridgehead atoms. The Morgan fingerprint density at radius 2 is 0.467 bits per heavy atom. The van der Waals surface area contributed by atoms with Gasteiger partial charge in [-0.1, -0.05) is 156 Å². The van der Waals surface area contributed by atoms with Crippen molar-refractivity contribution in [1.82, 2.24) is 44.0 Å². The van der Waals surface area contributed by atoms with E-state index in [2.05, 4.69) is 207 Å². The van der Waals surface area contributed by atoms with Crippen LogP contribution >= 0.6 is 0 Å². The standard InChI is InChI=1S/C48H45BN4O2.C37H32BN4O2.C26H19BN4O2.3Pt/c1-28(2)36-12-9-13-37(29(3)4)46(36)32-24-50-52(26-32)34-18-20-42-40(22-34)49-41-23-35(19-21-43(41)55-45-17-11-16-44(54-42)48(45)49)53-27-33(25-51-53)47-38(30(5)6)14-10-15-39(47)31(7)8;1-23(2)28-8-6-9-29(24(3)4)36(28)25-20-39-42(21-25)27-13-15-33-31(19-27)38-30-18-26(41-17-16-40(5)22-41)12-14-32(30)43-34-10-7-11-35(44-33)37(34)38;1-28-10-12-30(16-28)18-6-8-22-20(14-18)27-21-15-19(31-13-11-29(2)17-31)7-9-23(21)33-25-5-3-4-24(32-22)26(25)27;;;/h9-21,24-31H,1-8H3;6-17,20-24H,1-5H3;3-13,16-17H,1-2H3;;;/q-2;-3;-4;;+2;+4. The molecule has 9 aliphatic rings. The molecule has 0 amide bonds. The van der Waals surface area contributed by atoms with Crippen molar-refractivity contribution < 1.29 is 91.6 Å². The van der Waals surface area contributed by atoms with Gasteiger partial charge in [-0.3, -0.25) is 14.0 Å². The van der Waals surface area contributed by atoms with Crippen molar-refractivity contribution in [3.8, 4) is 119 Å². The van der Waals surface area contributed by atoms with Gasteiger partial charge in [-0.2, -0.15) is 71.7 Å². The Labute approximate surface area is 835 Å². The van der Waals surface area contributed by atoms with Crippen LogP contribution in [0.3, 0.4) is 0 Å². The van der Waals surface area contributed by atoms with Crippen LogP contribution < -0.4 is 92.3 Å². The van der Waals surface area contributed by atoms with Gasteiger partial charge in [0.05, 0.1) is 18.6 Å². The molecule has 678 valence electrons. The third kappa shape index (κ3) is 16.5. The Kier molecular flexibility index (Phi) is 25.0. The van der Waals surface area contributed by atoms with Crippen LogP contribution in [0.4, 0.5) is 17.1 Å². The van der Waals surface area contributed by atoms with Crippen molar-refractivity contribution in [2.24, 2.45) is 0 Å². The summed E-state index contributed by atoms with van der Waals surface area (Å²) in [5.74, 6) is 11.8. The Balaban J connectivity index is 0.000000132. The third-order valence-corrected chi connectivity index (χ3v) is 26.1. The molecular formula is C111H96B3N12O6Pt3-3. The fraction of sp³-hybridized carbons (Fsp3) is 0.189. The molecule has 12 heterocycles. The van der Waals surface area contributed by atoms with E-state index < -0.39 is 0 Å². The molecule has 0 atom stereocenters. The Hall–Kier alpha value is -12.7. The number of fused-ring (bicyclic) bond motifs is 12. The molecule has 0 unspecified atom stereocenters. The van der Waals surface area contributed by atoms with E-state index in [0.29, 0.717) is 35.5 Å². The molecule has 0 aliphatic carbocycles. The summed E-state index contributed by atoms with van der Waals surface area (Å²) >= 11 is 0. The number of benzene rings is 12. The zero-order valence-electron chi connectivity index (χ0n) is 77.4. The number of ether oxygens (including phenoxy) is 6. The number of rotatable bonds is 15. The fourth-order valence-corrected chi connectivity index (χ4v) is 19.7. The zero-order chi connectivity index (χ0) is 90.3. The van der Waals surface area contributed by atoms with Crippen molar-refractivity contribution in [2.45, 2.75) is 119 Å². The van der Waals surface area contributed by atoms with Crippen LogP contribution in [0.2, 0.25) is 0 Å². The zero-order valence-corrected chi connectivity index (χ0v) is 84.3. The van der Waals surface area contributed by atoms with Gasteiger partial charge < -0.3 is 57.8 Å². The SMILES string of the molecule is CC(C)c1cccc(C(C)C)c1-c1cnn(-c2[c-]c3c(cc2)Oc2cccc4c2B3c2[c-]c(-n3cc(-c5c(C(C)C)cccc5C(C)C)cn3)ccc2O4)c1.CC(C)c1cccc(C(C)C)c1-c1cnn(-c2[c-]c3c(cc2)Oc2cccc4c2B3c2[c-]c(N3C=CN(C)[CH-]3)ccc2O4)c1.CN1C=CN(c2[c-]c3c(cc2)Oc2cccc4c2B3c2[c-]c(N3C=CN(C)[CH-]3)ccc2O4)[CH-]1.[Pt+2].[Pt+4].[Pt]. The molecular weight excluding hydrogens is 2210 g/mol. The minimum atomic E-state index is -0.216. The van der Waals surface area contributed by atoms with Gasteiger partial charge in [0.1, 0.15) is 34.5 Å². The summed E-state index contributed by atoms with van der Waals surface area (Å²) < 4.78 is 44.3. The fourth-order valence-electron chi connectivity index (χ4n) is 19.7. The van der Waals surface area contributed by atoms with Crippen LogP contribution in [0.5, 0.6) is 69.0 Å².